The van der Waals surface area contributed by atoms with Crippen LogP contribution in [0.4, 0.5) is 15.9 Å². The number of anilines is 2. The van der Waals surface area contributed by atoms with E-state index in [1.54, 1.807) is 0 Å². The molecule has 2 N–H and O–H groups in total. The van der Waals surface area contributed by atoms with Crippen molar-refractivity contribution in [2.45, 2.75) is 62.4 Å². The van der Waals surface area contributed by atoms with Gasteiger partial charge in [0.25, 0.3) is 0 Å². The molecule has 2 aromatic rings. The predicted octanol–water partition coefficient (Wildman–Crippen LogP) is 3.61. The van der Waals surface area contributed by atoms with Crippen LogP contribution in [0.25, 0.3) is 0 Å². The number of allylic oxidation sites excluding steroid dienone is 1. The van der Waals surface area contributed by atoms with Crippen LogP contribution in [0.2, 0.25) is 0 Å². The van der Waals surface area contributed by atoms with Gasteiger partial charge in [-0.05, 0) is 36.9 Å². The van der Waals surface area contributed by atoms with E-state index in [9.17, 15) is 9.65 Å². The Kier molecular flexibility index (Phi) is 6.05. The van der Waals surface area contributed by atoms with Crippen molar-refractivity contribution in [1.82, 2.24) is 14.9 Å². The van der Waals surface area contributed by atoms with E-state index in [2.05, 4.69) is 34.9 Å². The smallest absolute Gasteiger partial charge is 0.318 e. The van der Waals surface area contributed by atoms with E-state index in [-0.39, 0.29) is 11.5 Å². The van der Waals surface area contributed by atoms with Crippen LogP contribution in [0.15, 0.2) is 24.3 Å². The molecule has 0 bridgehead atoms. The molecule has 0 radical (unpaired) electrons. The van der Waals surface area contributed by atoms with E-state index in [0.29, 0.717) is 61.7 Å². The fourth-order valence-electron chi connectivity index (χ4n) is 8.12. The quantitative estimate of drug-likeness (QED) is 0.424. The van der Waals surface area contributed by atoms with Crippen molar-refractivity contribution in [3.8, 4) is 12.1 Å². The van der Waals surface area contributed by atoms with Crippen LogP contribution < -0.4 is 15.4 Å². The number of rotatable bonds is 5. The molecule has 4 fully saturated rings. The Balaban J connectivity index is 1.16. The minimum Gasteiger partial charge on any atom is -0.461 e. The normalized spacial score (nSPS) is 32.2. The van der Waals surface area contributed by atoms with Crippen molar-refractivity contribution >= 4 is 11.5 Å². The molecule has 4 atom stereocenters. The topological polar surface area (TPSA) is 110 Å². The Labute approximate surface area is 245 Å². The number of fused-ring (bicyclic) bond motifs is 4. The predicted molar refractivity (Wildman–Crippen MR) is 154 cm³/mol. The Bertz CT molecular complexity index is 1500. The summed E-state index contributed by atoms with van der Waals surface area (Å²) in [7, 11) is 0. The molecule has 6 aliphatic rings. The summed E-state index contributed by atoms with van der Waals surface area (Å²) in [6.07, 6.45) is 6.33. The summed E-state index contributed by atoms with van der Waals surface area (Å²) in [6.45, 7) is 7.71. The van der Waals surface area contributed by atoms with E-state index in [1.807, 2.05) is 12.1 Å². The second kappa shape index (κ2) is 9.63. The van der Waals surface area contributed by atoms with Gasteiger partial charge in [-0.2, -0.15) is 15.2 Å². The molecule has 4 saturated heterocycles. The SMILES string of the molecule is CC1C=CC2(Cc3nc(OCC45CCCN4CC(F)C5)nc(N4CC(C5COC5)C4)c3CO2)c2c1ccc(N)c2C#N. The van der Waals surface area contributed by atoms with Gasteiger partial charge in [-0.15, -0.1) is 0 Å². The Hall–Kier alpha value is -3.26. The minimum atomic E-state index is -0.854. The first-order chi connectivity index (χ1) is 20.4. The fourth-order valence-corrected chi connectivity index (χ4v) is 8.12. The number of benzene rings is 1. The molecule has 10 heteroatoms. The van der Waals surface area contributed by atoms with Gasteiger partial charge in [0.2, 0.25) is 0 Å². The van der Waals surface area contributed by atoms with Crippen LogP contribution >= 0.6 is 0 Å². The van der Waals surface area contributed by atoms with Gasteiger partial charge in [0.05, 0.1) is 36.6 Å². The number of halogens is 1. The number of hydrogen-bond acceptors (Lipinski definition) is 9. The lowest BCUT2D eigenvalue weighted by Gasteiger charge is -2.48. The molecule has 1 aromatic heterocycles. The Morgan fingerprint density at radius 1 is 1.21 bits per heavy atom. The van der Waals surface area contributed by atoms with Crippen molar-refractivity contribution in [2.75, 3.05) is 56.6 Å². The van der Waals surface area contributed by atoms with Crippen LogP contribution in [0.3, 0.4) is 0 Å². The number of ether oxygens (including phenoxy) is 3. The first-order valence-electron chi connectivity index (χ1n) is 15.3. The van der Waals surface area contributed by atoms with Crippen LogP contribution in [0.5, 0.6) is 6.01 Å². The van der Waals surface area contributed by atoms with Gasteiger partial charge >= 0.3 is 6.01 Å². The second-order valence-corrected chi connectivity index (χ2v) is 13.2. The summed E-state index contributed by atoms with van der Waals surface area (Å²) < 4.78 is 33.0. The molecule has 5 aliphatic heterocycles. The van der Waals surface area contributed by atoms with Gasteiger partial charge in [-0.3, -0.25) is 4.90 Å². The van der Waals surface area contributed by atoms with Crippen molar-refractivity contribution in [3.63, 3.8) is 0 Å². The molecule has 4 unspecified atom stereocenters. The molecular formula is C32H37FN6O3. The standard InChI is InChI=1S/C32H37FN6O3/c1-19-5-7-32(28-23(19)3-4-26(35)24(28)11-34)10-27-25(17-42-32)29(38-12-20(13-38)21-15-40-16-21)37-30(36-27)41-18-31-6-2-8-39(31)14-22(33)9-31/h3-5,7,19-22H,2,6,8-10,12-18,35H2,1H3. The van der Waals surface area contributed by atoms with E-state index in [1.165, 1.54) is 0 Å². The maximum atomic E-state index is 14.4. The largest absolute Gasteiger partial charge is 0.461 e. The lowest BCUT2D eigenvalue weighted by molar-refractivity contribution is -0.0663. The summed E-state index contributed by atoms with van der Waals surface area (Å²) in [4.78, 5) is 14.5. The van der Waals surface area contributed by atoms with Crippen LogP contribution in [-0.2, 0) is 28.1 Å². The first kappa shape index (κ1) is 26.4. The number of aromatic nitrogens is 2. The highest BCUT2D eigenvalue weighted by molar-refractivity contribution is 5.66. The van der Waals surface area contributed by atoms with E-state index in [0.717, 1.165) is 73.9 Å². The molecular weight excluding hydrogens is 535 g/mol. The molecule has 9 nitrogen and oxygen atoms in total. The van der Waals surface area contributed by atoms with Crippen molar-refractivity contribution in [1.29, 1.82) is 5.26 Å². The minimum absolute atomic E-state index is 0.135. The maximum Gasteiger partial charge on any atom is 0.318 e. The molecule has 1 aliphatic carbocycles. The molecule has 8 rings (SSSR count). The average molecular weight is 573 g/mol. The van der Waals surface area contributed by atoms with Gasteiger partial charge in [-0.1, -0.05) is 25.1 Å². The average Bonchev–Trinajstić information content (AvgIpc) is 3.45. The number of alkyl halides is 1. The third-order valence-corrected chi connectivity index (χ3v) is 10.7. The Morgan fingerprint density at radius 2 is 2.07 bits per heavy atom. The fraction of sp³-hybridized carbons (Fsp3) is 0.594. The zero-order valence-corrected chi connectivity index (χ0v) is 24.0. The van der Waals surface area contributed by atoms with Crippen LogP contribution in [-0.4, -0.2) is 72.6 Å². The summed E-state index contributed by atoms with van der Waals surface area (Å²) in [5, 5.41) is 10.1. The number of nitriles is 1. The van der Waals surface area contributed by atoms with E-state index >= 15 is 0 Å². The van der Waals surface area contributed by atoms with Crippen molar-refractivity contribution in [2.24, 2.45) is 11.8 Å². The molecule has 1 spiro atoms. The molecule has 0 saturated carbocycles. The zero-order valence-electron chi connectivity index (χ0n) is 24.0. The molecule has 1 aromatic carbocycles. The lowest BCUT2D eigenvalue weighted by Crippen LogP contribution is -2.55. The highest BCUT2D eigenvalue weighted by atomic mass is 19.1. The summed E-state index contributed by atoms with van der Waals surface area (Å²) in [5.74, 6) is 2.19. The summed E-state index contributed by atoms with van der Waals surface area (Å²) >= 11 is 0. The van der Waals surface area contributed by atoms with E-state index < -0.39 is 11.8 Å². The molecule has 220 valence electrons. The lowest BCUT2D eigenvalue weighted by atomic mass is 9.73. The van der Waals surface area contributed by atoms with Crippen LogP contribution in [0, 0.1) is 23.2 Å². The number of nitrogens with zero attached hydrogens (tertiary/aromatic N) is 5. The highest BCUT2D eigenvalue weighted by Gasteiger charge is 2.50. The Morgan fingerprint density at radius 3 is 2.86 bits per heavy atom. The highest BCUT2D eigenvalue weighted by Crippen LogP contribution is 2.49. The number of nitrogen functional groups attached to an aromatic ring is 1. The molecule has 42 heavy (non-hydrogen) atoms. The summed E-state index contributed by atoms with van der Waals surface area (Å²) in [5.41, 5.74) is 9.81. The van der Waals surface area contributed by atoms with Gasteiger partial charge in [0.15, 0.2) is 0 Å². The van der Waals surface area contributed by atoms with Gasteiger partial charge in [-0.25, -0.2) is 4.39 Å². The third kappa shape index (κ3) is 3.97. The second-order valence-electron chi connectivity index (χ2n) is 13.2. The summed E-state index contributed by atoms with van der Waals surface area (Å²) in [6, 6.07) is 6.51. The third-order valence-electron chi connectivity index (χ3n) is 10.7. The zero-order chi connectivity index (χ0) is 28.6. The number of hydrogen-bond donors (Lipinski definition) is 1. The van der Waals surface area contributed by atoms with E-state index in [4.69, 9.17) is 29.9 Å². The maximum absolute atomic E-state index is 14.4. The van der Waals surface area contributed by atoms with Gasteiger partial charge in [0, 0.05) is 61.1 Å². The number of nitrogens with two attached hydrogens (primary N) is 1. The van der Waals surface area contributed by atoms with Gasteiger partial charge in [0.1, 0.15) is 30.3 Å². The van der Waals surface area contributed by atoms with Crippen LogP contribution in [0.1, 0.15) is 60.1 Å². The monoisotopic (exact) mass is 572 g/mol. The van der Waals surface area contributed by atoms with Crippen molar-refractivity contribution < 1.29 is 18.6 Å². The van der Waals surface area contributed by atoms with Gasteiger partial charge < -0.3 is 24.8 Å². The first-order valence-corrected chi connectivity index (χ1v) is 15.3. The van der Waals surface area contributed by atoms with Crippen molar-refractivity contribution in [3.05, 3.63) is 52.2 Å². The molecule has 6 heterocycles. The molecule has 0 amide bonds.